The van der Waals surface area contributed by atoms with E-state index < -0.39 is 0 Å². The van der Waals surface area contributed by atoms with Crippen molar-refractivity contribution in [1.29, 1.82) is 0 Å². The minimum atomic E-state index is 0.688. The summed E-state index contributed by atoms with van der Waals surface area (Å²) in [7, 11) is 1.25. The van der Waals surface area contributed by atoms with E-state index in [0.29, 0.717) is 11.5 Å². The van der Waals surface area contributed by atoms with Crippen LogP contribution in [0.3, 0.4) is 0 Å². The molecule has 10 heteroatoms. The van der Waals surface area contributed by atoms with Gasteiger partial charge in [0.1, 0.15) is 0 Å². The van der Waals surface area contributed by atoms with Gasteiger partial charge < -0.3 is 10.5 Å². The summed E-state index contributed by atoms with van der Waals surface area (Å²) in [6, 6.07) is 16.7. The lowest BCUT2D eigenvalue weighted by Crippen LogP contribution is -2.14. The molecule has 35 heavy (non-hydrogen) atoms. The molecule has 194 valence electrons. The monoisotopic (exact) mass is 526 g/mol. The van der Waals surface area contributed by atoms with Crippen molar-refractivity contribution in [2.75, 3.05) is 24.6 Å². The Morgan fingerprint density at radius 1 is 0.771 bits per heavy atom. The fourth-order valence-electron chi connectivity index (χ4n) is 3.99. The summed E-state index contributed by atoms with van der Waals surface area (Å²) < 4.78 is 18.7. The molecule has 2 aromatic carbocycles. The number of para-hydroxylation sites is 2. The molecule has 0 aliphatic carbocycles. The van der Waals surface area contributed by atoms with Crippen LogP contribution >= 0.6 is 24.1 Å². The minimum absolute atomic E-state index is 0.688. The molecule has 0 unspecified atom stereocenters. The summed E-state index contributed by atoms with van der Waals surface area (Å²) in [6.45, 7) is 9.87. The molecule has 2 aliphatic heterocycles. The molecule has 0 radical (unpaired) electrons. The molecule has 8 nitrogen and oxygen atoms in total. The lowest BCUT2D eigenvalue weighted by Gasteiger charge is -2.03. The zero-order valence-electron chi connectivity index (χ0n) is 22.0. The average molecular weight is 527 g/mol. The van der Waals surface area contributed by atoms with E-state index in [2.05, 4.69) is 78.1 Å². The van der Waals surface area contributed by atoms with Gasteiger partial charge in [0.2, 0.25) is 11.4 Å². The van der Waals surface area contributed by atoms with E-state index >= 15 is 0 Å². The van der Waals surface area contributed by atoms with Gasteiger partial charge in [-0.3, -0.25) is 10.1 Å². The third kappa shape index (κ3) is 9.32. The predicted octanol–water partition coefficient (Wildman–Crippen LogP) is 4.10. The Labute approximate surface area is 218 Å². The lowest BCUT2D eigenvalue weighted by atomic mass is 10.1. The number of rotatable bonds is 10. The molecule has 0 atom stereocenters. The Balaban J connectivity index is 0.000000317. The van der Waals surface area contributed by atoms with E-state index in [1.54, 1.807) is 0 Å². The maximum absolute atomic E-state index is 9.63. The molecule has 2 aliphatic rings. The van der Waals surface area contributed by atoms with E-state index in [9.17, 15) is 10.5 Å². The third-order valence-corrected chi connectivity index (χ3v) is 6.33. The number of hydrogen-bond acceptors (Lipinski definition) is 8. The molecule has 0 amide bonds. The van der Waals surface area contributed by atoms with Crippen molar-refractivity contribution < 1.29 is 39.8 Å². The third-order valence-electron chi connectivity index (χ3n) is 5.33. The molecular formula is C25H36N2O6S2. The van der Waals surface area contributed by atoms with Gasteiger partial charge in [-0.1, -0.05) is 57.6 Å². The first-order valence-corrected chi connectivity index (χ1v) is 13.0. The van der Waals surface area contributed by atoms with E-state index in [4.69, 9.17) is 1.37 Å². The molecular weight excluding hydrogens is 488 g/mol. The smallest absolute Gasteiger partial charge is 0.208 e. The van der Waals surface area contributed by atoms with Crippen molar-refractivity contribution in [2.24, 2.45) is 0 Å². The molecule has 0 N–H and O–H groups in total. The second-order valence-electron chi connectivity index (χ2n) is 7.30. The van der Waals surface area contributed by atoms with Gasteiger partial charge in [0.05, 0.1) is 24.3 Å². The van der Waals surface area contributed by atoms with Crippen LogP contribution < -0.4 is 10.5 Å². The van der Waals surface area contributed by atoms with Crippen molar-refractivity contribution in [3.63, 3.8) is 0 Å². The zero-order valence-corrected chi connectivity index (χ0v) is 22.7. The van der Waals surface area contributed by atoms with Crippen molar-refractivity contribution >= 4 is 46.9 Å². The Morgan fingerprint density at radius 2 is 1.14 bits per heavy atom. The van der Waals surface area contributed by atoms with Gasteiger partial charge >= 0.3 is 0 Å². The van der Waals surface area contributed by atoms with Crippen LogP contribution in [0.15, 0.2) is 48.5 Å². The summed E-state index contributed by atoms with van der Waals surface area (Å²) in [4.78, 5) is 0. The van der Waals surface area contributed by atoms with E-state index in [1.165, 1.54) is 41.3 Å². The van der Waals surface area contributed by atoms with E-state index in [-0.39, 0.29) is 0 Å². The second kappa shape index (κ2) is 17.6. The first-order valence-electron chi connectivity index (χ1n) is 12.2. The van der Waals surface area contributed by atoms with Gasteiger partial charge in [0, 0.05) is 62.6 Å². The van der Waals surface area contributed by atoms with Gasteiger partial charge in [0.15, 0.2) is 24.5 Å². The molecule has 0 saturated carbocycles. The molecule has 4 rings (SSSR count). The van der Waals surface area contributed by atoms with Crippen LogP contribution in [0.1, 0.15) is 47.6 Å². The first-order chi connectivity index (χ1) is 17.7. The molecule has 2 heterocycles. The summed E-state index contributed by atoms with van der Waals surface area (Å²) in [6.07, 6.45) is 2.00. The van der Waals surface area contributed by atoms with Gasteiger partial charge in [0.25, 0.3) is 0 Å². The van der Waals surface area contributed by atoms with Gasteiger partial charge in [-0.15, -0.1) is 0 Å². The maximum Gasteiger partial charge on any atom is 0.208 e. The standard InChI is InChI=1S/2C11H13NO3S.C2H6.CH4/c2*1-9-8-10-4-2-3-5-11(10)12(9)6-7-16-15-14-13;1-2;/h2*2-5H,6-8H2,1H3;1-2H3;1H4/i;;;1T. The Kier molecular flexibility index (Phi) is 14.8. The number of hydrogen-bond donors (Lipinski definition) is 0. The van der Waals surface area contributed by atoms with Crippen LogP contribution in [0.5, 0.6) is 0 Å². The highest BCUT2D eigenvalue weighted by Crippen LogP contribution is 2.27. The van der Waals surface area contributed by atoms with Crippen molar-refractivity contribution in [3.8, 4) is 0 Å². The Hall–Kier alpha value is -1.76. The normalized spacial score (nSPS) is 13.5. The van der Waals surface area contributed by atoms with Crippen molar-refractivity contribution in [3.05, 3.63) is 59.7 Å². The fourth-order valence-corrected chi connectivity index (χ4v) is 4.72. The van der Waals surface area contributed by atoms with Crippen LogP contribution in [0.25, 0.3) is 0 Å². The first kappa shape index (κ1) is 29.5. The second-order valence-corrected chi connectivity index (χ2v) is 8.86. The van der Waals surface area contributed by atoms with Crippen molar-refractivity contribution in [1.82, 2.24) is 0 Å². The van der Waals surface area contributed by atoms with Crippen molar-refractivity contribution in [2.45, 2.75) is 47.9 Å². The van der Waals surface area contributed by atoms with E-state index in [0.717, 1.165) is 50.0 Å². The lowest BCUT2D eigenvalue weighted by molar-refractivity contribution is -0.777. The quantitative estimate of drug-likeness (QED) is 0.150. The number of nitrogens with zero attached hydrogens (tertiary/aromatic N) is 2. The van der Waals surface area contributed by atoms with Crippen LogP contribution in [0, 0.1) is 0 Å². The summed E-state index contributed by atoms with van der Waals surface area (Å²) in [5, 5.41) is 25.8. The number of benzene rings is 2. The van der Waals surface area contributed by atoms with E-state index in [1.807, 2.05) is 26.0 Å². The van der Waals surface area contributed by atoms with Gasteiger partial charge in [-0.25, -0.2) is 0 Å². The maximum atomic E-state index is 9.63. The Morgan fingerprint density at radius 3 is 1.51 bits per heavy atom. The predicted molar refractivity (Wildman–Crippen MR) is 139 cm³/mol. The molecule has 0 spiro atoms. The van der Waals surface area contributed by atoms with Crippen LogP contribution in [-0.4, -0.2) is 45.2 Å². The summed E-state index contributed by atoms with van der Waals surface area (Å²) in [5.41, 5.74) is 7.86. The van der Waals surface area contributed by atoms with Gasteiger partial charge in [-0.05, 0) is 0 Å². The average Bonchev–Trinajstić information content (AvgIpc) is 3.42. The highest BCUT2D eigenvalue weighted by Gasteiger charge is 2.26. The minimum Gasteiger partial charge on any atom is -0.691 e. The van der Waals surface area contributed by atoms with Crippen LogP contribution in [0.4, 0.5) is 11.4 Å². The zero-order chi connectivity index (χ0) is 26.8. The topological polar surface area (TPSA) is 89.1 Å². The highest BCUT2D eigenvalue weighted by molar-refractivity contribution is 7.94. The Bertz CT molecular complexity index is 898. The fraction of sp³-hybridized carbons (Fsp3) is 0.440. The SMILES string of the molecule is CC.CC1=[N+](CCSOO[O-])c2ccccc2C1.CC1=[N+](CCSOO[O-])c2ccccc2C1.[3H]C. The number of fused-ring (bicyclic) bond motifs is 2. The molecule has 0 bridgehead atoms. The molecule has 0 fully saturated rings. The van der Waals surface area contributed by atoms with Gasteiger partial charge in [-0.2, -0.15) is 17.8 Å². The summed E-state index contributed by atoms with van der Waals surface area (Å²) in [5.74, 6) is 1.38. The highest BCUT2D eigenvalue weighted by atomic mass is 32.2. The summed E-state index contributed by atoms with van der Waals surface area (Å²) >= 11 is 2.05. The molecule has 0 aromatic heterocycles. The molecule has 2 aromatic rings. The largest absolute Gasteiger partial charge is 0.691 e. The molecule has 0 saturated heterocycles. The van der Waals surface area contributed by atoms with Crippen LogP contribution in [0.2, 0.25) is 0 Å². The van der Waals surface area contributed by atoms with Crippen LogP contribution in [-0.2, 0) is 31.6 Å².